The molecule has 10 heavy (non-hydrogen) atoms. The average Bonchev–Trinajstić information content (AvgIpc) is 1.58. The fourth-order valence-electron chi connectivity index (χ4n) is 0.413. The lowest BCUT2D eigenvalue weighted by atomic mass is 10.5. The number of hydrogen-bond donors (Lipinski definition) is 0. The Bertz CT molecular complexity index is 98.2. The van der Waals surface area contributed by atoms with Crippen LogP contribution in [-0.4, -0.2) is 15.7 Å². The van der Waals surface area contributed by atoms with Crippen LogP contribution in [0.15, 0.2) is 0 Å². The molecule has 60 valence electrons. The van der Waals surface area contributed by atoms with E-state index in [1.165, 1.54) is 0 Å². The van der Waals surface area contributed by atoms with Crippen molar-refractivity contribution in [2.24, 2.45) is 0 Å². The molecule has 0 saturated heterocycles. The third kappa shape index (κ3) is 6.36. The molecule has 3 heteroatoms. The minimum Gasteiger partial charge on any atom is -0.476 e. The standard InChI is InChI=1S/C7H14OS2/c1-5(2)8-7(9)10-6(3)4/h5-6H,1-4H3. The van der Waals surface area contributed by atoms with Gasteiger partial charge in [0.1, 0.15) is 0 Å². The van der Waals surface area contributed by atoms with Crippen LogP contribution in [0, 0.1) is 0 Å². The van der Waals surface area contributed by atoms with Gasteiger partial charge in [0.05, 0.1) is 6.10 Å². The summed E-state index contributed by atoms with van der Waals surface area (Å²) in [6, 6.07) is 0. The monoisotopic (exact) mass is 178 g/mol. The first-order chi connectivity index (χ1) is 4.52. The Hall–Kier alpha value is 0.240. The molecule has 0 aromatic rings. The maximum Gasteiger partial charge on any atom is 0.220 e. The van der Waals surface area contributed by atoms with Gasteiger partial charge in [-0.05, 0) is 26.1 Å². The maximum atomic E-state index is 5.26. The van der Waals surface area contributed by atoms with Crippen molar-refractivity contribution in [2.75, 3.05) is 0 Å². The van der Waals surface area contributed by atoms with Crippen molar-refractivity contribution in [2.45, 2.75) is 39.0 Å². The molecule has 1 nitrogen and oxygen atoms in total. The minimum absolute atomic E-state index is 0.207. The average molecular weight is 178 g/mol. The normalized spacial score (nSPS) is 10.6. The van der Waals surface area contributed by atoms with E-state index in [1.807, 2.05) is 13.8 Å². The second kappa shape index (κ2) is 4.97. The molecule has 0 aliphatic carbocycles. The van der Waals surface area contributed by atoms with Crippen LogP contribution in [-0.2, 0) is 4.74 Å². The number of hydrogen-bond acceptors (Lipinski definition) is 3. The zero-order chi connectivity index (χ0) is 8.15. The van der Waals surface area contributed by atoms with Gasteiger partial charge in [-0.1, -0.05) is 25.6 Å². The first kappa shape index (κ1) is 10.2. The molecular weight excluding hydrogens is 164 g/mol. The Labute approximate surface area is 72.5 Å². The molecule has 0 heterocycles. The van der Waals surface area contributed by atoms with Gasteiger partial charge in [-0.25, -0.2) is 0 Å². The van der Waals surface area contributed by atoms with Gasteiger partial charge in [-0.15, -0.1) is 0 Å². The van der Waals surface area contributed by atoms with Gasteiger partial charge < -0.3 is 4.74 Å². The van der Waals surface area contributed by atoms with Gasteiger partial charge in [-0.3, -0.25) is 0 Å². The summed E-state index contributed by atoms with van der Waals surface area (Å²) in [5, 5.41) is 0.520. The second-order valence-corrected chi connectivity index (χ2v) is 4.76. The summed E-state index contributed by atoms with van der Waals surface area (Å²) in [6.07, 6.45) is 0.207. The topological polar surface area (TPSA) is 9.23 Å². The van der Waals surface area contributed by atoms with E-state index < -0.39 is 0 Å². The highest BCUT2D eigenvalue weighted by Gasteiger charge is 2.03. The Morgan fingerprint density at radius 1 is 1.30 bits per heavy atom. The molecule has 0 bridgehead atoms. The van der Waals surface area contributed by atoms with Gasteiger partial charge in [0, 0.05) is 5.25 Å². The largest absolute Gasteiger partial charge is 0.476 e. The quantitative estimate of drug-likeness (QED) is 0.602. The fourth-order valence-corrected chi connectivity index (χ4v) is 1.82. The van der Waals surface area contributed by atoms with Crippen LogP contribution in [0.25, 0.3) is 0 Å². The highest BCUT2D eigenvalue weighted by molar-refractivity contribution is 8.22. The zero-order valence-electron chi connectivity index (χ0n) is 6.88. The lowest BCUT2D eigenvalue weighted by Crippen LogP contribution is -2.07. The maximum absolute atomic E-state index is 5.26. The van der Waals surface area contributed by atoms with E-state index in [2.05, 4.69) is 13.8 Å². The smallest absolute Gasteiger partial charge is 0.220 e. The predicted octanol–water partition coefficient (Wildman–Crippen LogP) is 2.84. The molecule has 0 atom stereocenters. The van der Waals surface area contributed by atoms with Gasteiger partial charge >= 0.3 is 0 Å². The molecule has 0 saturated carbocycles. The van der Waals surface area contributed by atoms with E-state index in [0.717, 1.165) is 0 Å². The molecule has 0 aromatic carbocycles. The lowest BCUT2D eigenvalue weighted by molar-refractivity contribution is 0.243. The molecule has 0 N–H and O–H groups in total. The Morgan fingerprint density at radius 2 is 1.80 bits per heavy atom. The summed E-state index contributed by atoms with van der Waals surface area (Å²) in [6.45, 7) is 8.15. The third-order valence-corrected chi connectivity index (χ3v) is 1.81. The molecular formula is C7H14OS2. The molecule has 0 rings (SSSR count). The SMILES string of the molecule is CC(C)OC(=S)SC(C)C. The van der Waals surface area contributed by atoms with Crippen LogP contribution in [0.2, 0.25) is 0 Å². The number of ether oxygens (including phenoxy) is 1. The Balaban J connectivity index is 3.44. The van der Waals surface area contributed by atoms with E-state index in [9.17, 15) is 0 Å². The van der Waals surface area contributed by atoms with Crippen molar-refractivity contribution >= 4 is 28.4 Å². The van der Waals surface area contributed by atoms with Crippen molar-refractivity contribution in [1.29, 1.82) is 0 Å². The van der Waals surface area contributed by atoms with Gasteiger partial charge in [0.15, 0.2) is 0 Å². The lowest BCUT2D eigenvalue weighted by Gasteiger charge is -2.10. The molecule has 0 radical (unpaired) electrons. The highest BCUT2D eigenvalue weighted by atomic mass is 32.2. The Morgan fingerprint density at radius 3 is 2.10 bits per heavy atom. The molecule has 0 aliphatic rings. The first-order valence-corrected chi connectivity index (χ1v) is 4.68. The molecule has 0 aliphatic heterocycles. The van der Waals surface area contributed by atoms with Gasteiger partial charge in [0.2, 0.25) is 4.38 Å². The number of thioether (sulfide) groups is 1. The molecule has 0 unspecified atom stereocenters. The van der Waals surface area contributed by atoms with Crippen LogP contribution < -0.4 is 0 Å². The first-order valence-electron chi connectivity index (χ1n) is 3.39. The van der Waals surface area contributed by atoms with E-state index in [-0.39, 0.29) is 6.10 Å². The third-order valence-electron chi connectivity index (χ3n) is 0.664. The summed E-state index contributed by atoms with van der Waals surface area (Å²) < 4.78 is 5.91. The van der Waals surface area contributed by atoms with Crippen molar-refractivity contribution in [3.8, 4) is 0 Å². The van der Waals surface area contributed by atoms with Gasteiger partial charge in [0.25, 0.3) is 0 Å². The summed E-state index contributed by atoms with van der Waals surface area (Å²) in [5.41, 5.74) is 0. The molecule has 0 spiro atoms. The van der Waals surface area contributed by atoms with Crippen LogP contribution in [0.1, 0.15) is 27.7 Å². The second-order valence-electron chi connectivity index (χ2n) is 2.58. The summed E-state index contributed by atoms with van der Waals surface area (Å²) in [5.74, 6) is 0. The van der Waals surface area contributed by atoms with Crippen molar-refractivity contribution in [3.63, 3.8) is 0 Å². The molecule has 0 amide bonds. The van der Waals surface area contributed by atoms with E-state index in [4.69, 9.17) is 17.0 Å². The number of rotatable bonds is 2. The van der Waals surface area contributed by atoms with Crippen LogP contribution in [0.4, 0.5) is 0 Å². The van der Waals surface area contributed by atoms with Crippen molar-refractivity contribution in [1.82, 2.24) is 0 Å². The molecule has 0 fully saturated rings. The minimum atomic E-state index is 0.207. The van der Waals surface area contributed by atoms with Crippen LogP contribution >= 0.6 is 24.0 Å². The van der Waals surface area contributed by atoms with Crippen LogP contribution in [0.5, 0.6) is 0 Å². The van der Waals surface area contributed by atoms with E-state index >= 15 is 0 Å². The fraction of sp³-hybridized carbons (Fsp3) is 0.857. The van der Waals surface area contributed by atoms with Crippen molar-refractivity contribution in [3.05, 3.63) is 0 Å². The number of thiocarbonyl (C=S) groups is 1. The van der Waals surface area contributed by atoms with E-state index in [0.29, 0.717) is 9.63 Å². The summed E-state index contributed by atoms with van der Waals surface area (Å²) in [4.78, 5) is 0. The predicted molar refractivity (Wildman–Crippen MR) is 51.5 cm³/mol. The van der Waals surface area contributed by atoms with Crippen LogP contribution in [0.3, 0.4) is 0 Å². The highest BCUT2D eigenvalue weighted by Crippen LogP contribution is 2.13. The van der Waals surface area contributed by atoms with Gasteiger partial charge in [-0.2, -0.15) is 0 Å². The van der Waals surface area contributed by atoms with E-state index in [1.54, 1.807) is 11.8 Å². The summed E-state index contributed by atoms with van der Waals surface area (Å²) >= 11 is 6.54. The molecule has 0 aromatic heterocycles. The van der Waals surface area contributed by atoms with Crippen molar-refractivity contribution < 1.29 is 4.74 Å². The zero-order valence-corrected chi connectivity index (χ0v) is 8.51. The Kier molecular flexibility index (Phi) is 5.09. The summed E-state index contributed by atoms with van der Waals surface area (Å²) in [7, 11) is 0.